The van der Waals surface area contributed by atoms with E-state index in [2.05, 4.69) is 15.0 Å². The third kappa shape index (κ3) is 2.69. The van der Waals surface area contributed by atoms with Crippen molar-refractivity contribution in [2.45, 2.75) is 13.8 Å². The van der Waals surface area contributed by atoms with Gasteiger partial charge in [-0.25, -0.2) is 9.78 Å². The summed E-state index contributed by atoms with van der Waals surface area (Å²) in [5, 5.41) is 2.34. The molecular formula is C9H11FN2O2. The quantitative estimate of drug-likeness (QED) is 0.740. The first-order valence-corrected chi connectivity index (χ1v) is 4.20. The van der Waals surface area contributed by atoms with Gasteiger partial charge in [0.1, 0.15) is 5.82 Å². The largest absolute Gasteiger partial charge is 0.450 e. The lowest BCUT2D eigenvalue weighted by Crippen LogP contribution is -2.15. The van der Waals surface area contributed by atoms with Crippen LogP contribution in [0.2, 0.25) is 0 Å². The molecule has 1 heterocycles. The topological polar surface area (TPSA) is 51.2 Å². The van der Waals surface area contributed by atoms with Gasteiger partial charge < -0.3 is 4.74 Å². The van der Waals surface area contributed by atoms with Crippen LogP contribution < -0.4 is 5.32 Å². The Balaban J connectivity index is 2.75. The average molecular weight is 198 g/mol. The van der Waals surface area contributed by atoms with Crippen LogP contribution in [0.5, 0.6) is 0 Å². The van der Waals surface area contributed by atoms with Gasteiger partial charge in [-0.05, 0) is 25.5 Å². The van der Waals surface area contributed by atoms with Gasteiger partial charge in [-0.1, -0.05) is 6.07 Å². The molecule has 0 fully saturated rings. The minimum atomic E-state index is -0.637. The van der Waals surface area contributed by atoms with Crippen LogP contribution in [0.4, 0.5) is 15.0 Å². The smallest absolute Gasteiger partial charge is 0.412 e. The summed E-state index contributed by atoms with van der Waals surface area (Å²) in [4.78, 5) is 14.5. The molecule has 0 unspecified atom stereocenters. The molecule has 0 bridgehead atoms. The van der Waals surface area contributed by atoms with E-state index >= 15 is 0 Å². The summed E-state index contributed by atoms with van der Waals surface area (Å²) in [6.45, 7) is 3.67. The van der Waals surface area contributed by atoms with Gasteiger partial charge in [0.25, 0.3) is 0 Å². The second-order valence-corrected chi connectivity index (χ2v) is 2.64. The highest BCUT2D eigenvalue weighted by Crippen LogP contribution is 2.11. The molecule has 0 spiro atoms. The van der Waals surface area contributed by atoms with Crippen molar-refractivity contribution in [2.75, 3.05) is 11.9 Å². The Bertz CT molecular complexity index is 342. The highest BCUT2D eigenvalue weighted by Gasteiger charge is 2.06. The van der Waals surface area contributed by atoms with Crippen LogP contribution in [0.3, 0.4) is 0 Å². The molecule has 1 aromatic rings. The second-order valence-electron chi connectivity index (χ2n) is 2.64. The molecule has 0 saturated heterocycles. The van der Waals surface area contributed by atoms with Gasteiger partial charge in [0.05, 0.1) is 6.61 Å². The highest BCUT2D eigenvalue weighted by molar-refractivity contribution is 5.84. The van der Waals surface area contributed by atoms with Crippen LogP contribution >= 0.6 is 0 Å². The summed E-state index contributed by atoms with van der Waals surface area (Å²) in [7, 11) is 0. The zero-order valence-corrected chi connectivity index (χ0v) is 8.00. The van der Waals surface area contributed by atoms with E-state index in [1.165, 1.54) is 12.1 Å². The molecule has 1 aromatic heterocycles. The lowest BCUT2D eigenvalue weighted by atomic mass is 10.3. The molecule has 0 aliphatic heterocycles. The number of nitrogens with one attached hydrogen (secondary N) is 1. The van der Waals surface area contributed by atoms with E-state index in [4.69, 9.17) is 0 Å². The maximum atomic E-state index is 12.7. The Morgan fingerprint density at radius 3 is 3.00 bits per heavy atom. The number of aryl methyl sites for hydroxylation is 1. The first-order valence-electron chi connectivity index (χ1n) is 4.20. The summed E-state index contributed by atoms with van der Waals surface area (Å²) in [6.07, 6.45) is -0.631. The van der Waals surface area contributed by atoms with E-state index in [0.29, 0.717) is 5.56 Å². The Kier molecular flexibility index (Phi) is 3.39. The zero-order chi connectivity index (χ0) is 10.6. The Labute approximate surface area is 81.1 Å². The lowest BCUT2D eigenvalue weighted by Gasteiger charge is -2.06. The molecule has 5 heteroatoms. The molecule has 76 valence electrons. The summed E-state index contributed by atoms with van der Waals surface area (Å²) in [5.41, 5.74) is 0.680. The Morgan fingerprint density at radius 1 is 1.64 bits per heavy atom. The maximum absolute atomic E-state index is 12.7. The van der Waals surface area contributed by atoms with Gasteiger partial charge >= 0.3 is 6.09 Å². The first kappa shape index (κ1) is 10.4. The number of hydrogen-bond donors (Lipinski definition) is 1. The van der Waals surface area contributed by atoms with Crippen molar-refractivity contribution in [2.24, 2.45) is 0 Å². The highest BCUT2D eigenvalue weighted by atomic mass is 19.1. The lowest BCUT2D eigenvalue weighted by molar-refractivity contribution is 0.168. The number of nitrogens with zero attached hydrogens (tertiary/aromatic N) is 1. The molecule has 0 aliphatic carbocycles. The number of ether oxygens (including phenoxy) is 1. The number of carbonyl (C=O) groups excluding carboxylic acids is 1. The fourth-order valence-electron chi connectivity index (χ4n) is 0.895. The van der Waals surface area contributed by atoms with Crippen molar-refractivity contribution in [3.05, 3.63) is 23.6 Å². The van der Waals surface area contributed by atoms with E-state index < -0.39 is 12.0 Å². The van der Waals surface area contributed by atoms with Crippen LogP contribution in [0.15, 0.2) is 12.1 Å². The normalized spacial score (nSPS) is 9.64. The van der Waals surface area contributed by atoms with Gasteiger partial charge in [-0.2, -0.15) is 4.39 Å². The summed E-state index contributed by atoms with van der Waals surface area (Å²) in [6, 6.07) is 2.76. The SMILES string of the molecule is CCOC(=O)Nc1nc(F)ccc1C. The van der Waals surface area contributed by atoms with Crippen molar-refractivity contribution in [3.8, 4) is 0 Å². The third-order valence-corrected chi connectivity index (χ3v) is 1.56. The first-order chi connectivity index (χ1) is 6.63. The van der Waals surface area contributed by atoms with Crippen molar-refractivity contribution < 1.29 is 13.9 Å². The van der Waals surface area contributed by atoms with Crippen molar-refractivity contribution in [3.63, 3.8) is 0 Å². The molecular weight excluding hydrogens is 187 g/mol. The molecule has 0 aliphatic rings. The molecule has 1 N–H and O–H groups in total. The number of carbonyl (C=O) groups is 1. The number of rotatable bonds is 2. The predicted molar refractivity (Wildman–Crippen MR) is 49.6 cm³/mol. The van der Waals surface area contributed by atoms with E-state index in [9.17, 15) is 9.18 Å². The van der Waals surface area contributed by atoms with Crippen LogP contribution in [0.1, 0.15) is 12.5 Å². The number of amides is 1. The number of aromatic nitrogens is 1. The van der Waals surface area contributed by atoms with Crippen LogP contribution in [-0.4, -0.2) is 17.7 Å². The van der Waals surface area contributed by atoms with Crippen molar-refractivity contribution >= 4 is 11.9 Å². The van der Waals surface area contributed by atoms with E-state index in [0.717, 1.165) is 0 Å². The second kappa shape index (κ2) is 4.55. The minimum Gasteiger partial charge on any atom is -0.450 e. The van der Waals surface area contributed by atoms with Gasteiger partial charge in [0, 0.05) is 0 Å². The van der Waals surface area contributed by atoms with Crippen LogP contribution in [-0.2, 0) is 4.74 Å². The van der Waals surface area contributed by atoms with Gasteiger partial charge in [-0.15, -0.1) is 0 Å². The Morgan fingerprint density at radius 2 is 2.36 bits per heavy atom. The summed E-state index contributed by atoms with van der Waals surface area (Å²) in [5.74, 6) is -0.453. The van der Waals surface area contributed by atoms with Crippen LogP contribution in [0, 0.1) is 12.9 Å². The van der Waals surface area contributed by atoms with Crippen LogP contribution in [0.25, 0.3) is 0 Å². The zero-order valence-electron chi connectivity index (χ0n) is 8.00. The van der Waals surface area contributed by atoms with Gasteiger partial charge in [0.2, 0.25) is 5.95 Å². The molecule has 0 atom stereocenters. The molecule has 0 aromatic carbocycles. The fraction of sp³-hybridized carbons (Fsp3) is 0.333. The monoisotopic (exact) mass is 198 g/mol. The van der Waals surface area contributed by atoms with Gasteiger partial charge in [0.15, 0.2) is 0 Å². The minimum absolute atomic E-state index is 0.184. The van der Waals surface area contributed by atoms with Crippen molar-refractivity contribution in [1.82, 2.24) is 4.98 Å². The van der Waals surface area contributed by atoms with E-state index in [1.807, 2.05) is 0 Å². The van der Waals surface area contributed by atoms with Gasteiger partial charge in [-0.3, -0.25) is 5.32 Å². The van der Waals surface area contributed by atoms with E-state index in [-0.39, 0.29) is 12.4 Å². The molecule has 0 radical (unpaired) electrons. The molecule has 14 heavy (non-hydrogen) atoms. The number of pyridine rings is 1. The average Bonchev–Trinajstić information content (AvgIpc) is 2.12. The molecule has 0 saturated carbocycles. The molecule has 1 amide bonds. The third-order valence-electron chi connectivity index (χ3n) is 1.56. The number of halogens is 1. The summed E-state index contributed by atoms with van der Waals surface area (Å²) < 4.78 is 17.3. The maximum Gasteiger partial charge on any atom is 0.412 e. The molecule has 4 nitrogen and oxygen atoms in total. The Hall–Kier alpha value is -1.65. The standard InChI is InChI=1S/C9H11FN2O2/c1-3-14-9(13)12-8-6(2)4-5-7(10)11-8/h4-5H,3H2,1-2H3,(H,11,12,13). The molecule has 1 rings (SSSR count). The number of hydrogen-bond acceptors (Lipinski definition) is 3. The van der Waals surface area contributed by atoms with Crippen molar-refractivity contribution in [1.29, 1.82) is 0 Å². The fourth-order valence-corrected chi connectivity index (χ4v) is 0.895. The predicted octanol–water partition coefficient (Wildman–Crippen LogP) is 2.10. The number of anilines is 1. The summed E-state index contributed by atoms with van der Waals surface area (Å²) >= 11 is 0. The van der Waals surface area contributed by atoms with E-state index in [1.54, 1.807) is 13.8 Å².